The molecule has 0 aliphatic carbocycles. The Morgan fingerprint density at radius 3 is 1.92 bits per heavy atom. The number of aryl methyl sites for hydroxylation is 1. The quantitative estimate of drug-likeness (QED) is 0.161. The van der Waals surface area contributed by atoms with Gasteiger partial charge in [-0.25, -0.2) is 0 Å². The van der Waals surface area contributed by atoms with Gasteiger partial charge in [0.2, 0.25) is 0 Å². The summed E-state index contributed by atoms with van der Waals surface area (Å²) in [6.45, 7) is 7.56. The number of rotatable bonds is 8. The highest BCUT2D eigenvalue weighted by molar-refractivity contribution is 9.10. The maximum absolute atomic E-state index is 6.41. The maximum Gasteiger partial charge on any atom is 0.127 e. The van der Waals surface area contributed by atoms with Gasteiger partial charge < -0.3 is 9.47 Å². The number of fused-ring (bicyclic) bond motifs is 2. The summed E-state index contributed by atoms with van der Waals surface area (Å²) in [5, 5.41) is 4.74. The van der Waals surface area contributed by atoms with E-state index in [-0.39, 0.29) is 0 Å². The summed E-state index contributed by atoms with van der Waals surface area (Å²) >= 11 is 7.26. The fourth-order valence-corrected chi connectivity index (χ4v) is 5.60. The Bertz CT molecular complexity index is 1560. The smallest absolute Gasteiger partial charge is 0.127 e. The van der Waals surface area contributed by atoms with Crippen LogP contribution < -0.4 is 9.47 Å². The van der Waals surface area contributed by atoms with E-state index in [0.717, 1.165) is 32.4 Å². The van der Waals surface area contributed by atoms with Crippen molar-refractivity contribution in [1.29, 1.82) is 0 Å². The minimum Gasteiger partial charge on any atom is -0.490 e. The van der Waals surface area contributed by atoms with Crippen molar-refractivity contribution >= 4 is 53.4 Å². The molecule has 2 nitrogen and oxygen atoms in total. The third kappa shape index (κ3) is 5.56. The number of halogens is 2. The SMILES string of the molecule is CCC(C)c1ccc(OCCOc2ccc3cc(Br)ccc3c2-c2c(C)ccc3cc(Br)ccc23)cc1. The van der Waals surface area contributed by atoms with Gasteiger partial charge in [0, 0.05) is 14.5 Å². The second kappa shape index (κ2) is 11.3. The van der Waals surface area contributed by atoms with Crippen molar-refractivity contribution in [1.82, 2.24) is 0 Å². The first-order valence-corrected chi connectivity index (χ1v) is 14.3. The van der Waals surface area contributed by atoms with Gasteiger partial charge in [-0.1, -0.05) is 88.2 Å². The summed E-state index contributed by atoms with van der Waals surface area (Å²) in [5.41, 5.74) is 4.88. The summed E-state index contributed by atoms with van der Waals surface area (Å²) in [6, 6.07) is 29.9. The van der Waals surface area contributed by atoms with Crippen LogP contribution in [-0.4, -0.2) is 13.2 Å². The molecule has 37 heavy (non-hydrogen) atoms. The third-order valence-corrected chi connectivity index (χ3v) is 8.04. The van der Waals surface area contributed by atoms with Gasteiger partial charge in [-0.15, -0.1) is 0 Å². The van der Waals surface area contributed by atoms with Gasteiger partial charge in [0.15, 0.2) is 0 Å². The maximum atomic E-state index is 6.41. The molecule has 1 unspecified atom stereocenters. The number of hydrogen-bond donors (Lipinski definition) is 0. The van der Waals surface area contributed by atoms with Gasteiger partial charge in [0.05, 0.1) is 0 Å². The first kappa shape index (κ1) is 25.8. The lowest BCUT2D eigenvalue weighted by Crippen LogP contribution is -2.10. The topological polar surface area (TPSA) is 18.5 Å². The molecule has 4 heteroatoms. The van der Waals surface area contributed by atoms with Crippen molar-refractivity contribution in [2.75, 3.05) is 13.2 Å². The van der Waals surface area contributed by atoms with E-state index in [4.69, 9.17) is 9.47 Å². The van der Waals surface area contributed by atoms with Crippen LogP contribution in [0.3, 0.4) is 0 Å². The molecule has 0 radical (unpaired) electrons. The van der Waals surface area contributed by atoms with E-state index in [1.165, 1.54) is 38.2 Å². The largest absolute Gasteiger partial charge is 0.490 e. The highest BCUT2D eigenvalue weighted by Crippen LogP contribution is 2.43. The Balaban J connectivity index is 1.47. The van der Waals surface area contributed by atoms with E-state index < -0.39 is 0 Å². The summed E-state index contributed by atoms with van der Waals surface area (Å²) in [4.78, 5) is 0. The molecule has 0 aromatic heterocycles. The molecule has 5 aromatic carbocycles. The van der Waals surface area contributed by atoms with Crippen LogP contribution in [0.5, 0.6) is 11.5 Å². The Kier molecular flexibility index (Phi) is 7.87. The first-order valence-electron chi connectivity index (χ1n) is 12.7. The van der Waals surface area contributed by atoms with Gasteiger partial charge in [-0.3, -0.25) is 0 Å². The lowest BCUT2D eigenvalue weighted by Gasteiger charge is -2.19. The van der Waals surface area contributed by atoms with Crippen molar-refractivity contribution in [3.05, 3.63) is 105 Å². The minimum atomic E-state index is 0.456. The molecule has 5 aromatic rings. The number of ether oxygens (including phenoxy) is 2. The number of hydrogen-bond acceptors (Lipinski definition) is 2. The van der Waals surface area contributed by atoms with E-state index in [1.54, 1.807) is 0 Å². The molecule has 0 saturated heterocycles. The van der Waals surface area contributed by atoms with Crippen molar-refractivity contribution in [3.8, 4) is 22.6 Å². The molecule has 0 saturated carbocycles. The molecule has 0 heterocycles. The summed E-state index contributed by atoms with van der Waals surface area (Å²) in [6.07, 6.45) is 1.13. The summed E-state index contributed by atoms with van der Waals surface area (Å²) < 4.78 is 14.6. The molecule has 0 aliphatic heterocycles. The molecule has 0 aliphatic rings. The third-order valence-electron chi connectivity index (χ3n) is 7.05. The zero-order chi connectivity index (χ0) is 25.9. The van der Waals surface area contributed by atoms with Gasteiger partial charge >= 0.3 is 0 Å². The van der Waals surface area contributed by atoms with Crippen LogP contribution in [0.4, 0.5) is 0 Å². The van der Waals surface area contributed by atoms with Crippen molar-refractivity contribution in [2.24, 2.45) is 0 Å². The zero-order valence-corrected chi connectivity index (χ0v) is 24.5. The van der Waals surface area contributed by atoms with Crippen LogP contribution in [0.1, 0.15) is 37.3 Å². The van der Waals surface area contributed by atoms with Crippen LogP contribution in [0.15, 0.2) is 93.9 Å². The van der Waals surface area contributed by atoms with Gasteiger partial charge in [0.1, 0.15) is 24.7 Å². The highest BCUT2D eigenvalue weighted by atomic mass is 79.9. The number of benzene rings is 5. The van der Waals surface area contributed by atoms with E-state index in [0.29, 0.717) is 19.1 Å². The van der Waals surface area contributed by atoms with E-state index >= 15 is 0 Å². The molecule has 5 rings (SSSR count). The van der Waals surface area contributed by atoms with Crippen molar-refractivity contribution in [2.45, 2.75) is 33.1 Å². The molecule has 1 atom stereocenters. The fourth-order valence-electron chi connectivity index (χ4n) is 4.84. The van der Waals surface area contributed by atoms with Crippen LogP contribution in [0, 0.1) is 6.92 Å². The summed E-state index contributed by atoms with van der Waals surface area (Å²) in [5.74, 6) is 2.29. The van der Waals surface area contributed by atoms with Gasteiger partial charge in [-0.05, 0) is 100.0 Å². The van der Waals surface area contributed by atoms with E-state index in [9.17, 15) is 0 Å². The van der Waals surface area contributed by atoms with Gasteiger partial charge in [0.25, 0.3) is 0 Å². The van der Waals surface area contributed by atoms with E-state index in [2.05, 4.69) is 138 Å². The summed E-state index contributed by atoms with van der Waals surface area (Å²) in [7, 11) is 0. The molecule has 188 valence electrons. The molecule has 0 N–H and O–H groups in total. The zero-order valence-electron chi connectivity index (χ0n) is 21.4. The molecule has 0 spiro atoms. The predicted octanol–water partition coefficient (Wildman–Crippen LogP) is 10.5. The van der Waals surface area contributed by atoms with Crippen LogP contribution >= 0.6 is 31.9 Å². The minimum absolute atomic E-state index is 0.456. The highest BCUT2D eigenvalue weighted by Gasteiger charge is 2.17. The van der Waals surface area contributed by atoms with Crippen molar-refractivity contribution in [3.63, 3.8) is 0 Å². The first-order chi connectivity index (χ1) is 17.9. The Morgan fingerprint density at radius 1 is 0.676 bits per heavy atom. The predicted molar refractivity (Wildman–Crippen MR) is 163 cm³/mol. The molecular weight excluding hydrogens is 588 g/mol. The lowest BCUT2D eigenvalue weighted by atomic mass is 9.90. The van der Waals surface area contributed by atoms with Crippen LogP contribution in [0.25, 0.3) is 32.7 Å². The molecule has 0 bridgehead atoms. The fraction of sp³-hybridized carbons (Fsp3) is 0.212. The second-order valence-electron chi connectivity index (χ2n) is 9.50. The van der Waals surface area contributed by atoms with Gasteiger partial charge in [-0.2, -0.15) is 0 Å². The molecule has 0 fully saturated rings. The standard InChI is InChI=1S/C33H30Br2O2/c1-4-21(2)23-7-12-28(13-8-23)36-17-18-37-31-16-9-25-20-27(35)11-15-30(25)33(31)32-22(3)5-6-24-19-26(34)10-14-29(24)32/h5-16,19-21H,4,17-18H2,1-3H3. The molecular formula is C33H30Br2O2. The van der Waals surface area contributed by atoms with E-state index in [1.807, 2.05) is 0 Å². The second-order valence-corrected chi connectivity index (χ2v) is 11.3. The Hall–Kier alpha value is -2.82. The Morgan fingerprint density at radius 2 is 1.27 bits per heavy atom. The molecule has 0 amide bonds. The lowest BCUT2D eigenvalue weighted by molar-refractivity contribution is 0.218. The monoisotopic (exact) mass is 616 g/mol. The van der Waals surface area contributed by atoms with Crippen LogP contribution in [0.2, 0.25) is 0 Å². The average molecular weight is 618 g/mol. The average Bonchev–Trinajstić information content (AvgIpc) is 2.91. The van der Waals surface area contributed by atoms with Crippen molar-refractivity contribution < 1.29 is 9.47 Å². The Labute approximate surface area is 235 Å². The van der Waals surface area contributed by atoms with Crippen LogP contribution in [-0.2, 0) is 0 Å². The normalized spacial score (nSPS) is 12.1.